The Morgan fingerprint density at radius 2 is 2.08 bits per heavy atom. The Balaban J connectivity index is 1.66. The summed E-state index contributed by atoms with van der Waals surface area (Å²) in [5, 5.41) is 12.6. The van der Waals surface area contributed by atoms with Crippen LogP contribution < -0.4 is 0 Å². The molecular weight excluding hydrogens is 302 g/mol. The summed E-state index contributed by atoms with van der Waals surface area (Å²) in [5.41, 5.74) is 4.51. The molecule has 5 rings (SSSR count). The van der Waals surface area contributed by atoms with Gasteiger partial charge in [0.15, 0.2) is 11.6 Å². The molecule has 1 N–H and O–H groups in total. The van der Waals surface area contributed by atoms with Crippen molar-refractivity contribution in [1.82, 2.24) is 25.0 Å². The predicted molar refractivity (Wildman–Crippen MR) is 89.1 cm³/mol. The van der Waals surface area contributed by atoms with E-state index in [4.69, 9.17) is 14.8 Å². The molecule has 1 aromatic carbocycles. The van der Waals surface area contributed by atoms with Gasteiger partial charge in [-0.2, -0.15) is 10.2 Å². The summed E-state index contributed by atoms with van der Waals surface area (Å²) in [6.45, 7) is 1.49. The van der Waals surface area contributed by atoms with Crippen LogP contribution in [0.5, 0.6) is 0 Å². The van der Waals surface area contributed by atoms with Crippen molar-refractivity contribution in [1.29, 1.82) is 0 Å². The molecule has 2 aliphatic rings. The molecule has 24 heavy (non-hydrogen) atoms. The van der Waals surface area contributed by atoms with E-state index < -0.39 is 0 Å². The molecule has 1 aliphatic carbocycles. The van der Waals surface area contributed by atoms with Crippen molar-refractivity contribution in [2.24, 2.45) is 0 Å². The Labute approximate surface area is 139 Å². The molecule has 1 saturated heterocycles. The zero-order valence-electron chi connectivity index (χ0n) is 13.4. The van der Waals surface area contributed by atoms with Gasteiger partial charge in [0, 0.05) is 23.8 Å². The molecule has 0 bridgehead atoms. The van der Waals surface area contributed by atoms with Crippen molar-refractivity contribution < 1.29 is 4.74 Å². The number of para-hydroxylation sites is 1. The van der Waals surface area contributed by atoms with E-state index in [0.717, 1.165) is 48.9 Å². The molecule has 0 radical (unpaired) electrons. The van der Waals surface area contributed by atoms with Gasteiger partial charge in [-0.05, 0) is 37.8 Å². The number of rotatable bonds is 3. The number of aromatic nitrogens is 5. The third-order valence-corrected chi connectivity index (χ3v) is 4.94. The van der Waals surface area contributed by atoms with Gasteiger partial charge in [-0.3, -0.25) is 5.10 Å². The van der Waals surface area contributed by atoms with E-state index in [2.05, 4.69) is 22.3 Å². The number of nitrogens with one attached hydrogen (secondary N) is 1. The van der Waals surface area contributed by atoms with Crippen molar-refractivity contribution in [3.8, 4) is 17.2 Å². The Morgan fingerprint density at radius 3 is 2.92 bits per heavy atom. The average molecular weight is 321 g/mol. The predicted octanol–water partition coefficient (Wildman–Crippen LogP) is 2.65. The van der Waals surface area contributed by atoms with Crippen LogP contribution in [0, 0.1) is 0 Å². The van der Waals surface area contributed by atoms with Crippen LogP contribution in [0.4, 0.5) is 0 Å². The summed E-state index contributed by atoms with van der Waals surface area (Å²) < 4.78 is 7.45. The van der Waals surface area contributed by atoms with Crippen LogP contribution in [-0.2, 0) is 17.6 Å². The molecule has 6 nitrogen and oxygen atoms in total. The molecule has 6 heteroatoms. The maximum atomic E-state index is 5.52. The van der Waals surface area contributed by atoms with Gasteiger partial charge < -0.3 is 4.74 Å². The minimum atomic E-state index is 0.278. The molecular formula is C18H19N5O. The van der Waals surface area contributed by atoms with E-state index >= 15 is 0 Å². The third kappa shape index (κ3) is 2.17. The number of fused-ring (bicyclic) bond motifs is 1. The van der Waals surface area contributed by atoms with Crippen LogP contribution in [0.2, 0.25) is 0 Å². The van der Waals surface area contributed by atoms with Crippen molar-refractivity contribution in [2.45, 2.75) is 31.6 Å². The number of nitrogens with zero attached hydrogens (tertiary/aromatic N) is 4. The molecule has 1 atom stereocenters. The number of benzene rings is 1. The van der Waals surface area contributed by atoms with Gasteiger partial charge in [0.05, 0.1) is 12.3 Å². The summed E-state index contributed by atoms with van der Waals surface area (Å²) in [5.74, 6) is 1.98. The fourth-order valence-electron chi connectivity index (χ4n) is 3.65. The minimum absolute atomic E-state index is 0.278. The van der Waals surface area contributed by atoms with Gasteiger partial charge in [-0.25, -0.2) is 9.67 Å². The summed E-state index contributed by atoms with van der Waals surface area (Å²) in [6, 6.07) is 10.2. The van der Waals surface area contributed by atoms with E-state index in [1.54, 1.807) is 0 Å². The highest BCUT2D eigenvalue weighted by Gasteiger charge is 2.28. The zero-order valence-corrected chi connectivity index (χ0v) is 13.4. The molecule has 122 valence electrons. The van der Waals surface area contributed by atoms with Crippen molar-refractivity contribution in [2.75, 3.05) is 13.2 Å². The minimum Gasteiger partial charge on any atom is -0.381 e. The highest BCUT2D eigenvalue weighted by atomic mass is 16.5. The summed E-state index contributed by atoms with van der Waals surface area (Å²) in [6.07, 6.45) is 4.30. The number of hydrogen-bond acceptors (Lipinski definition) is 4. The number of ether oxygens (including phenoxy) is 1. The van der Waals surface area contributed by atoms with Gasteiger partial charge in [0.1, 0.15) is 5.69 Å². The lowest BCUT2D eigenvalue weighted by Gasteiger charge is -2.04. The monoisotopic (exact) mass is 321 g/mol. The summed E-state index contributed by atoms with van der Waals surface area (Å²) in [4.78, 5) is 4.88. The first-order valence-corrected chi connectivity index (χ1v) is 8.57. The van der Waals surface area contributed by atoms with Gasteiger partial charge >= 0.3 is 0 Å². The van der Waals surface area contributed by atoms with E-state index in [1.807, 2.05) is 22.9 Å². The summed E-state index contributed by atoms with van der Waals surface area (Å²) >= 11 is 0. The maximum Gasteiger partial charge on any atom is 0.184 e. The van der Waals surface area contributed by atoms with Crippen LogP contribution in [0.15, 0.2) is 30.3 Å². The van der Waals surface area contributed by atoms with Crippen molar-refractivity contribution in [3.05, 3.63) is 47.4 Å². The number of hydrogen-bond donors (Lipinski definition) is 1. The van der Waals surface area contributed by atoms with Crippen LogP contribution >= 0.6 is 0 Å². The van der Waals surface area contributed by atoms with Gasteiger partial charge in [-0.15, -0.1) is 0 Å². The van der Waals surface area contributed by atoms with Gasteiger partial charge in [0.2, 0.25) is 0 Å². The van der Waals surface area contributed by atoms with Crippen LogP contribution in [0.3, 0.4) is 0 Å². The fraction of sp³-hybridized carbons (Fsp3) is 0.389. The standard InChI is InChI=1S/C18H19N5O/c1-2-5-13(6-3-1)23-18(16-14-7-4-8-15(14)20-21-16)19-17(22-23)12-9-10-24-11-12/h1-3,5-6,12H,4,7-11H2,(H,20,21)/t12-/m0/s1. The molecule has 0 saturated carbocycles. The second-order valence-electron chi connectivity index (χ2n) is 6.48. The van der Waals surface area contributed by atoms with Gasteiger partial charge in [-0.1, -0.05) is 18.2 Å². The molecule has 0 amide bonds. The third-order valence-electron chi connectivity index (χ3n) is 4.94. The first kappa shape index (κ1) is 13.9. The lowest BCUT2D eigenvalue weighted by atomic mass is 10.1. The molecule has 2 aromatic heterocycles. The Morgan fingerprint density at radius 1 is 1.17 bits per heavy atom. The smallest absolute Gasteiger partial charge is 0.184 e. The molecule has 0 spiro atoms. The Kier molecular flexibility index (Phi) is 3.23. The van der Waals surface area contributed by atoms with E-state index in [9.17, 15) is 0 Å². The zero-order chi connectivity index (χ0) is 15.9. The number of aryl methyl sites for hydroxylation is 1. The maximum absolute atomic E-state index is 5.52. The van der Waals surface area contributed by atoms with Crippen LogP contribution in [0.25, 0.3) is 17.2 Å². The highest BCUT2D eigenvalue weighted by molar-refractivity contribution is 5.60. The van der Waals surface area contributed by atoms with Crippen LogP contribution in [0.1, 0.15) is 35.8 Å². The quantitative estimate of drug-likeness (QED) is 0.805. The van der Waals surface area contributed by atoms with Crippen molar-refractivity contribution in [3.63, 3.8) is 0 Å². The topological polar surface area (TPSA) is 68.6 Å². The summed E-state index contributed by atoms with van der Waals surface area (Å²) in [7, 11) is 0. The Hall–Kier alpha value is -2.47. The molecule has 0 unspecified atom stereocenters. The van der Waals surface area contributed by atoms with Crippen molar-refractivity contribution >= 4 is 0 Å². The number of aromatic amines is 1. The SMILES string of the molecule is c1ccc(-n2nc([C@H]3CCOC3)nc2-c2n[nH]c3c2CCC3)cc1. The second kappa shape index (κ2) is 5.56. The van der Waals surface area contributed by atoms with Crippen LogP contribution in [-0.4, -0.2) is 38.2 Å². The largest absolute Gasteiger partial charge is 0.381 e. The normalized spacial score (nSPS) is 19.8. The first-order valence-electron chi connectivity index (χ1n) is 8.57. The lowest BCUT2D eigenvalue weighted by molar-refractivity contribution is 0.193. The fourth-order valence-corrected chi connectivity index (χ4v) is 3.65. The molecule has 1 fully saturated rings. The highest BCUT2D eigenvalue weighted by Crippen LogP contribution is 2.32. The average Bonchev–Trinajstić information content (AvgIpc) is 3.37. The van der Waals surface area contributed by atoms with E-state index in [0.29, 0.717) is 6.61 Å². The second-order valence-corrected chi connectivity index (χ2v) is 6.48. The Bertz CT molecular complexity index is 861. The number of H-pyrrole nitrogens is 1. The van der Waals surface area contributed by atoms with Gasteiger partial charge in [0.25, 0.3) is 0 Å². The molecule has 3 heterocycles. The molecule has 3 aromatic rings. The van der Waals surface area contributed by atoms with E-state index in [-0.39, 0.29) is 5.92 Å². The van der Waals surface area contributed by atoms with E-state index in [1.165, 1.54) is 17.7 Å². The molecule has 1 aliphatic heterocycles. The first-order chi connectivity index (χ1) is 11.9. The lowest BCUT2D eigenvalue weighted by Crippen LogP contribution is -2.03.